The molecule has 0 unspecified atom stereocenters. The fourth-order valence-corrected chi connectivity index (χ4v) is 2.06. The van der Waals surface area contributed by atoms with Crippen LogP contribution in [-0.2, 0) is 0 Å². The number of hydrogen-bond donors (Lipinski definition) is 3. The third kappa shape index (κ3) is 3.15. The second-order valence-corrected chi connectivity index (χ2v) is 4.62. The van der Waals surface area contributed by atoms with E-state index in [1.807, 2.05) is 19.9 Å². The highest BCUT2D eigenvalue weighted by Crippen LogP contribution is 2.38. The van der Waals surface area contributed by atoms with Crippen LogP contribution >= 0.6 is 0 Å². The standard InChI is InChI=1S/C14H23NO3/c1-9-8-11(12(15)6-4-5-7-16)13(17)14(18-3)10(9)2/h8,12,16-17H,4-7,15H2,1-3H3/t12-/m1/s1. The highest BCUT2D eigenvalue weighted by Gasteiger charge is 2.18. The molecule has 0 fully saturated rings. The van der Waals surface area contributed by atoms with Crippen LogP contribution in [0.15, 0.2) is 6.07 Å². The lowest BCUT2D eigenvalue weighted by molar-refractivity contribution is 0.281. The topological polar surface area (TPSA) is 75.7 Å². The zero-order valence-electron chi connectivity index (χ0n) is 11.4. The molecule has 4 nitrogen and oxygen atoms in total. The molecule has 0 heterocycles. The minimum atomic E-state index is -0.232. The van der Waals surface area contributed by atoms with Gasteiger partial charge in [0, 0.05) is 18.2 Å². The number of phenols is 1. The summed E-state index contributed by atoms with van der Waals surface area (Å²) in [6, 6.07) is 1.68. The number of nitrogens with two attached hydrogens (primary N) is 1. The van der Waals surface area contributed by atoms with E-state index in [0.29, 0.717) is 11.3 Å². The van der Waals surface area contributed by atoms with Gasteiger partial charge in [0.25, 0.3) is 0 Å². The molecule has 1 aromatic rings. The number of unbranched alkanes of at least 4 members (excludes halogenated alkanes) is 1. The maximum absolute atomic E-state index is 10.2. The number of aryl methyl sites for hydroxylation is 1. The van der Waals surface area contributed by atoms with Gasteiger partial charge in [0.15, 0.2) is 11.5 Å². The molecule has 0 spiro atoms. The van der Waals surface area contributed by atoms with Gasteiger partial charge in [-0.15, -0.1) is 0 Å². The van der Waals surface area contributed by atoms with Crippen molar-refractivity contribution in [3.8, 4) is 11.5 Å². The smallest absolute Gasteiger partial charge is 0.163 e. The molecule has 18 heavy (non-hydrogen) atoms. The van der Waals surface area contributed by atoms with Gasteiger partial charge in [0.05, 0.1) is 7.11 Å². The maximum atomic E-state index is 10.2. The van der Waals surface area contributed by atoms with E-state index >= 15 is 0 Å². The van der Waals surface area contributed by atoms with Crippen molar-refractivity contribution in [1.82, 2.24) is 0 Å². The average Bonchev–Trinajstić information content (AvgIpc) is 2.34. The van der Waals surface area contributed by atoms with E-state index in [9.17, 15) is 5.11 Å². The molecule has 0 saturated heterocycles. The SMILES string of the molecule is COc1c(C)c(C)cc([C@H](N)CCCCO)c1O. The molecule has 0 aliphatic heterocycles. The molecule has 0 bridgehead atoms. The first-order valence-electron chi connectivity index (χ1n) is 6.26. The van der Waals surface area contributed by atoms with Crippen LogP contribution in [0.25, 0.3) is 0 Å². The summed E-state index contributed by atoms with van der Waals surface area (Å²) in [6.45, 7) is 4.06. The lowest BCUT2D eigenvalue weighted by Gasteiger charge is -2.18. The highest BCUT2D eigenvalue weighted by atomic mass is 16.5. The van der Waals surface area contributed by atoms with E-state index in [1.165, 1.54) is 0 Å². The van der Waals surface area contributed by atoms with Crippen molar-refractivity contribution < 1.29 is 14.9 Å². The van der Waals surface area contributed by atoms with E-state index in [2.05, 4.69) is 0 Å². The summed E-state index contributed by atoms with van der Waals surface area (Å²) in [7, 11) is 1.54. The van der Waals surface area contributed by atoms with Crippen LogP contribution in [-0.4, -0.2) is 23.9 Å². The van der Waals surface area contributed by atoms with Crippen molar-refractivity contribution in [3.63, 3.8) is 0 Å². The number of aromatic hydroxyl groups is 1. The van der Waals surface area contributed by atoms with Crippen molar-refractivity contribution in [2.75, 3.05) is 13.7 Å². The minimum absolute atomic E-state index is 0.136. The van der Waals surface area contributed by atoms with Crippen LogP contribution < -0.4 is 10.5 Å². The summed E-state index contributed by atoms with van der Waals surface area (Å²) in [5.74, 6) is 0.639. The fourth-order valence-electron chi connectivity index (χ4n) is 2.06. The number of hydrogen-bond acceptors (Lipinski definition) is 4. The van der Waals surface area contributed by atoms with E-state index in [0.717, 1.165) is 30.4 Å². The van der Waals surface area contributed by atoms with Gasteiger partial charge < -0.3 is 20.7 Å². The summed E-state index contributed by atoms with van der Waals surface area (Å²) < 4.78 is 5.23. The number of benzene rings is 1. The van der Waals surface area contributed by atoms with Crippen molar-refractivity contribution >= 4 is 0 Å². The van der Waals surface area contributed by atoms with Gasteiger partial charge in [-0.25, -0.2) is 0 Å². The van der Waals surface area contributed by atoms with Gasteiger partial charge in [-0.05, 0) is 44.2 Å². The van der Waals surface area contributed by atoms with Crippen LogP contribution in [0.4, 0.5) is 0 Å². The lowest BCUT2D eigenvalue weighted by Crippen LogP contribution is -2.12. The molecule has 0 amide bonds. The first-order chi connectivity index (χ1) is 8.52. The molecule has 0 aliphatic rings. The Balaban J connectivity index is 2.98. The van der Waals surface area contributed by atoms with E-state index < -0.39 is 0 Å². The Bertz CT molecular complexity index is 405. The van der Waals surface area contributed by atoms with Crippen LogP contribution in [0.5, 0.6) is 11.5 Å². The number of methoxy groups -OCH3 is 1. The Morgan fingerprint density at radius 1 is 1.33 bits per heavy atom. The van der Waals surface area contributed by atoms with Crippen LogP contribution in [0.3, 0.4) is 0 Å². The first-order valence-corrected chi connectivity index (χ1v) is 6.26. The molecule has 1 atom stereocenters. The molecule has 4 N–H and O–H groups in total. The molecule has 0 aromatic heterocycles. The summed E-state index contributed by atoms with van der Waals surface area (Å²) in [5.41, 5.74) is 8.78. The molecule has 0 aliphatic carbocycles. The van der Waals surface area contributed by atoms with Gasteiger partial charge in [-0.2, -0.15) is 0 Å². The van der Waals surface area contributed by atoms with Gasteiger partial charge in [-0.3, -0.25) is 0 Å². The third-order valence-electron chi connectivity index (χ3n) is 3.32. The predicted octanol–water partition coefficient (Wildman–Crippen LogP) is 2.18. The van der Waals surface area contributed by atoms with Crippen molar-refractivity contribution in [2.24, 2.45) is 5.73 Å². The number of aliphatic hydroxyl groups excluding tert-OH is 1. The van der Waals surface area contributed by atoms with Crippen molar-refractivity contribution in [2.45, 2.75) is 39.2 Å². The van der Waals surface area contributed by atoms with E-state index in [-0.39, 0.29) is 18.4 Å². The number of aliphatic hydroxyl groups is 1. The zero-order valence-corrected chi connectivity index (χ0v) is 11.4. The van der Waals surface area contributed by atoms with Crippen LogP contribution in [0, 0.1) is 13.8 Å². The van der Waals surface area contributed by atoms with Gasteiger partial charge in [-0.1, -0.05) is 6.07 Å². The summed E-state index contributed by atoms with van der Waals surface area (Å²) >= 11 is 0. The normalized spacial score (nSPS) is 12.5. The van der Waals surface area contributed by atoms with Crippen molar-refractivity contribution in [3.05, 3.63) is 22.8 Å². The Labute approximate surface area is 108 Å². The third-order valence-corrected chi connectivity index (χ3v) is 3.32. The maximum Gasteiger partial charge on any atom is 0.163 e. The largest absolute Gasteiger partial charge is 0.504 e. The second kappa shape index (κ2) is 6.61. The second-order valence-electron chi connectivity index (χ2n) is 4.62. The minimum Gasteiger partial charge on any atom is -0.504 e. The van der Waals surface area contributed by atoms with Crippen molar-refractivity contribution in [1.29, 1.82) is 0 Å². The lowest BCUT2D eigenvalue weighted by atomic mass is 9.96. The fraction of sp³-hybridized carbons (Fsp3) is 0.571. The Hall–Kier alpha value is -1.26. The Morgan fingerprint density at radius 3 is 2.56 bits per heavy atom. The Kier molecular flexibility index (Phi) is 5.44. The molecule has 0 radical (unpaired) electrons. The zero-order chi connectivity index (χ0) is 13.7. The molecule has 1 aromatic carbocycles. The molecule has 4 heteroatoms. The predicted molar refractivity (Wildman–Crippen MR) is 72.0 cm³/mol. The van der Waals surface area contributed by atoms with Gasteiger partial charge in [0.1, 0.15) is 0 Å². The summed E-state index contributed by atoms with van der Waals surface area (Å²) in [4.78, 5) is 0. The van der Waals surface area contributed by atoms with Gasteiger partial charge >= 0.3 is 0 Å². The molecular weight excluding hydrogens is 230 g/mol. The number of rotatable bonds is 6. The molecule has 0 saturated carbocycles. The summed E-state index contributed by atoms with van der Waals surface area (Å²) in [5, 5.41) is 18.9. The molecule has 1 rings (SSSR count). The monoisotopic (exact) mass is 253 g/mol. The van der Waals surface area contributed by atoms with Crippen LogP contribution in [0.1, 0.15) is 42.0 Å². The summed E-state index contributed by atoms with van der Waals surface area (Å²) in [6.07, 6.45) is 2.31. The van der Waals surface area contributed by atoms with Gasteiger partial charge in [0.2, 0.25) is 0 Å². The van der Waals surface area contributed by atoms with E-state index in [1.54, 1.807) is 7.11 Å². The molecular formula is C14H23NO3. The quantitative estimate of drug-likeness (QED) is 0.679. The molecule has 102 valence electrons. The van der Waals surface area contributed by atoms with E-state index in [4.69, 9.17) is 15.6 Å². The Morgan fingerprint density at radius 2 is 2.00 bits per heavy atom. The first kappa shape index (κ1) is 14.8. The number of ether oxygens (including phenoxy) is 1. The average molecular weight is 253 g/mol. The highest BCUT2D eigenvalue weighted by molar-refractivity contribution is 5.54. The number of phenolic OH excluding ortho intramolecular Hbond substituents is 1. The van der Waals surface area contributed by atoms with Crippen LogP contribution in [0.2, 0.25) is 0 Å².